The van der Waals surface area contributed by atoms with Crippen LogP contribution in [0.3, 0.4) is 0 Å². The average molecular weight is 436 g/mol. The Morgan fingerprint density at radius 2 is 1.97 bits per heavy atom. The van der Waals surface area contributed by atoms with Gasteiger partial charge in [0, 0.05) is 47.5 Å². The average Bonchev–Trinajstić information content (AvgIpc) is 2.94. The summed E-state index contributed by atoms with van der Waals surface area (Å²) in [5.74, 6) is 0.181. The first-order valence-corrected chi connectivity index (χ1v) is 10.1. The first kappa shape index (κ1) is 21.4. The zero-order chi connectivity index (χ0) is 21.2. The molecule has 2 heterocycles. The third-order valence-corrected chi connectivity index (χ3v) is 5.10. The Bertz CT molecular complexity index is 915. The second kappa shape index (κ2) is 8.59. The van der Waals surface area contributed by atoms with Crippen molar-refractivity contribution in [3.63, 3.8) is 0 Å². The molecule has 0 aliphatic carbocycles. The van der Waals surface area contributed by atoms with Crippen LogP contribution in [0.5, 0.6) is 5.88 Å². The number of nitrogens with zero attached hydrogens (tertiary/aromatic N) is 2. The number of rotatable bonds is 6. The fourth-order valence-corrected chi connectivity index (χ4v) is 3.78. The van der Waals surface area contributed by atoms with Gasteiger partial charge in [-0.05, 0) is 50.6 Å². The highest BCUT2D eigenvalue weighted by Gasteiger charge is 2.45. The van der Waals surface area contributed by atoms with Gasteiger partial charge in [-0.15, -0.1) is 0 Å². The Morgan fingerprint density at radius 3 is 2.62 bits per heavy atom. The minimum atomic E-state index is -0.851. The van der Waals surface area contributed by atoms with Gasteiger partial charge in [0.15, 0.2) is 0 Å². The Morgan fingerprint density at radius 1 is 1.28 bits per heavy atom. The molecule has 29 heavy (non-hydrogen) atoms. The summed E-state index contributed by atoms with van der Waals surface area (Å²) in [6, 6.07) is 8.55. The van der Waals surface area contributed by atoms with Crippen LogP contribution in [-0.4, -0.2) is 29.4 Å². The molecule has 1 saturated heterocycles. The number of halogens is 2. The molecule has 0 spiro atoms. The number of amides is 2. The molecule has 1 aliphatic rings. The van der Waals surface area contributed by atoms with Gasteiger partial charge in [-0.2, -0.15) is 0 Å². The SMILES string of the molecule is CC(C)Oc1cc(CNC(=O)C2(C)CC(=O)N(c3cc(Cl)cc(Cl)c3)C2)ccn1. The number of hydrogen-bond donors (Lipinski definition) is 1. The number of hydrogen-bond acceptors (Lipinski definition) is 4. The van der Waals surface area contributed by atoms with Crippen molar-refractivity contribution in [1.82, 2.24) is 10.3 Å². The lowest BCUT2D eigenvalue weighted by Crippen LogP contribution is -2.40. The van der Waals surface area contributed by atoms with Crippen LogP contribution >= 0.6 is 23.2 Å². The van der Waals surface area contributed by atoms with Gasteiger partial charge in [-0.25, -0.2) is 4.98 Å². The lowest BCUT2D eigenvalue weighted by atomic mass is 9.88. The summed E-state index contributed by atoms with van der Waals surface area (Å²) >= 11 is 12.1. The van der Waals surface area contributed by atoms with E-state index in [0.717, 1.165) is 5.56 Å². The summed E-state index contributed by atoms with van der Waals surface area (Å²) in [5, 5.41) is 3.80. The predicted molar refractivity (Wildman–Crippen MR) is 113 cm³/mol. The van der Waals surface area contributed by atoms with Crippen molar-refractivity contribution in [3.05, 3.63) is 52.1 Å². The van der Waals surface area contributed by atoms with Gasteiger partial charge in [-0.1, -0.05) is 23.2 Å². The van der Waals surface area contributed by atoms with E-state index in [9.17, 15) is 9.59 Å². The van der Waals surface area contributed by atoms with Gasteiger partial charge in [0.25, 0.3) is 0 Å². The third kappa shape index (κ3) is 5.19. The largest absolute Gasteiger partial charge is 0.475 e. The van der Waals surface area contributed by atoms with E-state index in [1.165, 1.54) is 0 Å². The molecule has 2 amide bonds. The molecule has 1 aromatic carbocycles. The molecule has 8 heteroatoms. The maximum atomic E-state index is 12.9. The molecule has 6 nitrogen and oxygen atoms in total. The number of anilines is 1. The zero-order valence-electron chi connectivity index (χ0n) is 16.5. The van der Waals surface area contributed by atoms with Gasteiger partial charge >= 0.3 is 0 Å². The molecule has 0 saturated carbocycles. The molecule has 0 radical (unpaired) electrons. The van der Waals surface area contributed by atoms with Crippen LogP contribution in [-0.2, 0) is 16.1 Å². The third-order valence-electron chi connectivity index (χ3n) is 4.67. The van der Waals surface area contributed by atoms with Gasteiger partial charge < -0.3 is 15.0 Å². The number of carbonyl (C=O) groups excluding carboxylic acids is 2. The maximum Gasteiger partial charge on any atom is 0.228 e. The normalized spacial score (nSPS) is 19.0. The molecule has 1 N–H and O–H groups in total. The lowest BCUT2D eigenvalue weighted by molar-refractivity contribution is -0.131. The fourth-order valence-electron chi connectivity index (χ4n) is 3.27. The minimum absolute atomic E-state index is 0.0155. The second-order valence-electron chi connectivity index (χ2n) is 7.70. The molecule has 1 aromatic heterocycles. The molecule has 1 aliphatic heterocycles. The van der Waals surface area contributed by atoms with E-state index in [4.69, 9.17) is 27.9 Å². The molecular weight excluding hydrogens is 413 g/mol. The molecule has 0 bridgehead atoms. The van der Waals surface area contributed by atoms with Crippen LogP contribution < -0.4 is 15.0 Å². The minimum Gasteiger partial charge on any atom is -0.475 e. The number of ether oxygens (including phenoxy) is 1. The first-order chi connectivity index (χ1) is 13.7. The Kier molecular flexibility index (Phi) is 6.34. The van der Waals surface area contributed by atoms with E-state index in [1.807, 2.05) is 19.9 Å². The second-order valence-corrected chi connectivity index (χ2v) is 8.57. The Hall–Kier alpha value is -2.31. The van der Waals surface area contributed by atoms with Gasteiger partial charge in [0.2, 0.25) is 17.7 Å². The van der Waals surface area contributed by atoms with Crippen molar-refractivity contribution in [3.8, 4) is 5.88 Å². The summed E-state index contributed by atoms with van der Waals surface area (Å²) in [6.07, 6.45) is 1.77. The van der Waals surface area contributed by atoms with Gasteiger partial charge in [0.05, 0.1) is 11.5 Å². The van der Waals surface area contributed by atoms with Crippen molar-refractivity contribution in [2.24, 2.45) is 5.41 Å². The monoisotopic (exact) mass is 435 g/mol. The van der Waals surface area contributed by atoms with Crippen LogP contribution in [0.2, 0.25) is 10.0 Å². The van der Waals surface area contributed by atoms with Crippen LogP contribution in [0.1, 0.15) is 32.8 Å². The van der Waals surface area contributed by atoms with E-state index in [-0.39, 0.29) is 30.9 Å². The highest BCUT2D eigenvalue weighted by atomic mass is 35.5. The number of pyridine rings is 1. The highest BCUT2D eigenvalue weighted by Crippen LogP contribution is 2.36. The fraction of sp³-hybridized carbons (Fsp3) is 0.381. The van der Waals surface area contributed by atoms with Crippen molar-refractivity contribution in [2.45, 2.75) is 39.8 Å². The van der Waals surface area contributed by atoms with E-state index in [2.05, 4.69) is 10.3 Å². The highest BCUT2D eigenvalue weighted by molar-refractivity contribution is 6.35. The van der Waals surface area contributed by atoms with Gasteiger partial charge in [0.1, 0.15) is 0 Å². The van der Waals surface area contributed by atoms with Crippen molar-refractivity contribution < 1.29 is 14.3 Å². The molecule has 1 unspecified atom stereocenters. The Labute approximate surface area is 180 Å². The topological polar surface area (TPSA) is 71.5 Å². The molecule has 3 rings (SSSR count). The maximum absolute atomic E-state index is 12.9. The number of nitrogens with one attached hydrogen (secondary N) is 1. The van der Waals surface area contributed by atoms with E-state index in [0.29, 0.717) is 28.2 Å². The summed E-state index contributed by atoms with van der Waals surface area (Å²) < 4.78 is 5.58. The van der Waals surface area contributed by atoms with E-state index in [1.54, 1.807) is 42.3 Å². The quantitative estimate of drug-likeness (QED) is 0.736. The van der Waals surface area contributed by atoms with Crippen LogP contribution in [0.15, 0.2) is 36.5 Å². The molecule has 154 valence electrons. The molecule has 2 aromatic rings. The smallest absolute Gasteiger partial charge is 0.228 e. The standard InChI is InChI=1S/C21H23Cl2N3O3/c1-13(2)29-18-6-14(4-5-24-18)11-25-20(28)21(3)10-19(27)26(12-21)17-8-15(22)7-16(23)9-17/h4-9,13H,10-12H2,1-3H3,(H,25,28). The number of carbonyl (C=O) groups is 2. The summed E-state index contributed by atoms with van der Waals surface area (Å²) in [4.78, 5) is 31.2. The van der Waals surface area contributed by atoms with Crippen molar-refractivity contribution in [1.29, 1.82) is 0 Å². The predicted octanol–water partition coefficient (Wildman–Crippen LogP) is 4.24. The van der Waals surface area contributed by atoms with E-state index >= 15 is 0 Å². The van der Waals surface area contributed by atoms with Gasteiger partial charge in [-0.3, -0.25) is 9.59 Å². The summed E-state index contributed by atoms with van der Waals surface area (Å²) in [7, 11) is 0. The van der Waals surface area contributed by atoms with Crippen LogP contribution in [0.25, 0.3) is 0 Å². The number of aromatic nitrogens is 1. The molecular formula is C21H23Cl2N3O3. The molecule has 1 atom stereocenters. The zero-order valence-corrected chi connectivity index (χ0v) is 18.0. The summed E-state index contributed by atoms with van der Waals surface area (Å²) in [6.45, 7) is 6.21. The molecule has 1 fully saturated rings. The first-order valence-electron chi connectivity index (χ1n) is 9.33. The van der Waals surface area contributed by atoms with Crippen LogP contribution in [0, 0.1) is 5.41 Å². The number of benzene rings is 1. The Balaban J connectivity index is 1.67. The summed E-state index contributed by atoms with van der Waals surface area (Å²) in [5.41, 5.74) is 0.611. The van der Waals surface area contributed by atoms with Crippen molar-refractivity contribution >= 4 is 40.7 Å². The van der Waals surface area contributed by atoms with E-state index < -0.39 is 5.41 Å². The van der Waals surface area contributed by atoms with Crippen LogP contribution in [0.4, 0.5) is 5.69 Å². The van der Waals surface area contributed by atoms with Crippen molar-refractivity contribution in [2.75, 3.05) is 11.4 Å². The lowest BCUT2D eigenvalue weighted by Gasteiger charge is -2.23.